The average Bonchev–Trinajstić information content (AvgIpc) is 2.60. The van der Waals surface area contributed by atoms with Crippen molar-refractivity contribution in [2.75, 3.05) is 10.6 Å². The maximum Gasteiger partial charge on any atom is 0.274 e. The summed E-state index contributed by atoms with van der Waals surface area (Å²) in [5.41, 5.74) is 2.01. The van der Waals surface area contributed by atoms with Gasteiger partial charge < -0.3 is 10.6 Å². The van der Waals surface area contributed by atoms with E-state index in [2.05, 4.69) is 20.6 Å². The van der Waals surface area contributed by atoms with Gasteiger partial charge >= 0.3 is 0 Å². The minimum atomic E-state index is -0.873. The third-order valence-corrected chi connectivity index (χ3v) is 4.10. The van der Waals surface area contributed by atoms with Crippen molar-refractivity contribution >= 4 is 34.8 Å². The van der Waals surface area contributed by atoms with Crippen LogP contribution in [-0.2, 0) is 0 Å². The Bertz CT molecular complexity index is 1030. The van der Waals surface area contributed by atoms with Crippen LogP contribution in [0.25, 0.3) is 0 Å². The van der Waals surface area contributed by atoms with Crippen molar-refractivity contribution < 1.29 is 13.6 Å². The van der Waals surface area contributed by atoms with Crippen molar-refractivity contribution in [3.63, 3.8) is 0 Å². The van der Waals surface area contributed by atoms with E-state index in [0.29, 0.717) is 22.5 Å². The third kappa shape index (κ3) is 4.57. The molecule has 0 atom stereocenters. The molecule has 2 N–H and O–H groups in total. The fourth-order valence-electron chi connectivity index (χ4n) is 2.32. The highest BCUT2D eigenvalue weighted by Gasteiger charge is 2.14. The summed E-state index contributed by atoms with van der Waals surface area (Å²) in [5, 5.41) is 5.93. The minimum absolute atomic E-state index is 0.0342. The molecule has 0 spiro atoms. The summed E-state index contributed by atoms with van der Waals surface area (Å²) in [5.74, 6) is -2.05. The van der Waals surface area contributed by atoms with Gasteiger partial charge in [-0.15, -0.1) is 0 Å². The number of carbonyl (C=O) groups is 1. The lowest BCUT2D eigenvalue weighted by Crippen LogP contribution is -2.16. The number of anilines is 3. The second kappa shape index (κ2) is 7.67. The number of halogens is 3. The molecule has 0 saturated heterocycles. The van der Waals surface area contributed by atoms with E-state index in [-0.39, 0.29) is 17.3 Å². The maximum absolute atomic E-state index is 13.7. The van der Waals surface area contributed by atoms with Crippen LogP contribution in [0.2, 0.25) is 5.02 Å². The van der Waals surface area contributed by atoms with Crippen molar-refractivity contribution in [1.29, 1.82) is 0 Å². The first-order valence-corrected chi connectivity index (χ1v) is 8.35. The third-order valence-electron chi connectivity index (χ3n) is 3.69. The van der Waals surface area contributed by atoms with Gasteiger partial charge in [0.05, 0.1) is 5.69 Å². The highest BCUT2D eigenvalue weighted by atomic mass is 35.5. The van der Waals surface area contributed by atoms with E-state index in [0.717, 1.165) is 17.7 Å². The lowest BCUT2D eigenvalue weighted by atomic mass is 10.2. The SMILES string of the molecule is Cc1cc(C(=O)Nc2ccc(F)cc2F)nc(Nc2ccc(C)c(Cl)c2)n1. The molecule has 0 aliphatic heterocycles. The molecule has 0 aliphatic rings. The lowest BCUT2D eigenvalue weighted by Gasteiger charge is -2.10. The zero-order valence-corrected chi connectivity index (χ0v) is 15.2. The molecule has 0 aliphatic carbocycles. The van der Waals surface area contributed by atoms with Gasteiger partial charge in [0.2, 0.25) is 5.95 Å². The standard InChI is InChI=1S/C19H15ClF2N4O/c1-10-3-5-13(9-14(10)20)24-19-23-11(2)7-17(26-19)18(27)25-16-6-4-12(21)8-15(16)22/h3-9H,1-2H3,(H,25,27)(H,23,24,26). The molecule has 1 heterocycles. The minimum Gasteiger partial charge on any atom is -0.324 e. The fraction of sp³-hybridized carbons (Fsp3) is 0.105. The van der Waals surface area contributed by atoms with Crippen LogP contribution < -0.4 is 10.6 Å². The van der Waals surface area contributed by atoms with Crippen molar-refractivity contribution in [3.8, 4) is 0 Å². The first-order valence-electron chi connectivity index (χ1n) is 7.97. The molecule has 0 saturated carbocycles. The summed E-state index contributed by atoms with van der Waals surface area (Å²) >= 11 is 6.10. The van der Waals surface area contributed by atoms with Crippen molar-refractivity contribution in [3.05, 3.63) is 76.1 Å². The number of aryl methyl sites for hydroxylation is 2. The van der Waals surface area contributed by atoms with Gasteiger partial charge in [-0.1, -0.05) is 17.7 Å². The van der Waals surface area contributed by atoms with Gasteiger partial charge in [0.25, 0.3) is 5.91 Å². The molecule has 0 radical (unpaired) electrons. The number of hydrogen-bond donors (Lipinski definition) is 2. The number of aromatic nitrogens is 2. The average molecular weight is 389 g/mol. The molecule has 8 heteroatoms. The fourth-order valence-corrected chi connectivity index (χ4v) is 2.50. The zero-order chi connectivity index (χ0) is 19.6. The van der Waals surface area contributed by atoms with Gasteiger partial charge in [-0.05, 0) is 49.7 Å². The number of nitrogens with one attached hydrogen (secondary N) is 2. The Hall–Kier alpha value is -3.06. The Morgan fingerprint density at radius 3 is 2.52 bits per heavy atom. The first-order chi connectivity index (χ1) is 12.8. The van der Waals surface area contributed by atoms with Gasteiger partial charge in [-0.25, -0.2) is 18.7 Å². The highest BCUT2D eigenvalue weighted by molar-refractivity contribution is 6.31. The summed E-state index contributed by atoms with van der Waals surface area (Å²) in [6, 6.07) is 9.71. The quantitative estimate of drug-likeness (QED) is 0.658. The number of hydrogen-bond acceptors (Lipinski definition) is 4. The van der Waals surface area contributed by atoms with Crippen LogP contribution >= 0.6 is 11.6 Å². The Labute approximate surface area is 159 Å². The van der Waals surface area contributed by atoms with Crippen LogP contribution in [-0.4, -0.2) is 15.9 Å². The molecule has 138 valence electrons. The summed E-state index contributed by atoms with van der Waals surface area (Å²) in [6.07, 6.45) is 0. The molecule has 2 aromatic carbocycles. The number of amides is 1. The lowest BCUT2D eigenvalue weighted by molar-refractivity contribution is 0.102. The van der Waals surface area contributed by atoms with Gasteiger partial charge in [-0.3, -0.25) is 4.79 Å². The van der Waals surface area contributed by atoms with E-state index >= 15 is 0 Å². The summed E-state index contributed by atoms with van der Waals surface area (Å²) in [6.45, 7) is 3.58. The summed E-state index contributed by atoms with van der Waals surface area (Å²) < 4.78 is 26.7. The van der Waals surface area contributed by atoms with Crippen LogP contribution in [0.15, 0.2) is 42.5 Å². The largest absolute Gasteiger partial charge is 0.324 e. The second-order valence-electron chi connectivity index (χ2n) is 5.89. The first kappa shape index (κ1) is 18.7. The van der Waals surface area contributed by atoms with Crippen molar-refractivity contribution in [2.45, 2.75) is 13.8 Å². The number of rotatable bonds is 4. The molecule has 5 nitrogen and oxygen atoms in total. The number of carbonyl (C=O) groups excluding carboxylic acids is 1. The summed E-state index contributed by atoms with van der Waals surface area (Å²) in [4.78, 5) is 20.8. The van der Waals surface area contributed by atoms with Gasteiger partial charge in [0.1, 0.15) is 17.3 Å². The molecule has 1 aromatic heterocycles. The molecule has 3 rings (SSSR count). The molecular formula is C19H15ClF2N4O. The van der Waals surface area contributed by atoms with Crippen LogP contribution in [0.4, 0.5) is 26.1 Å². The molecule has 0 fully saturated rings. The molecule has 1 amide bonds. The summed E-state index contributed by atoms with van der Waals surface area (Å²) in [7, 11) is 0. The van der Waals surface area contributed by atoms with Crippen molar-refractivity contribution in [1.82, 2.24) is 9.97 Å². The number of benzene rings is 2. The molecule has 27 heavy (non-hydrogen) atoms. The zero-order valence-electron chi connectivity index (χ0n) is 14.5. The van der Waals surface area contributed by atoms with E-state index in [1.165, 1.54) is 6.07 Å². The molecule has 3 aromatic rings. The molecule has 0 unspecified atom stereocenters. The monoisotopic (exact) mass is 388 g/mol. The van der Waals surface area contributed by atoms with E-state index in [1.807, 2.05) is 13.0 Å². The van der Waals surface area contributed by atoms with E-state index < -0.39 is 17.5 Å². The van der Waals surface area contributed by atoms with Crippen LogP contribution in [0.3, 0.4) is 0 Å². The Morgan fingerprint density at radius 1 is 1.04 bits per heavy atom. The predicted octanol–water partition coefficient (Wildman–Crippen LogP) is 5.02. The Morgan fingerprint density at radius 2 is 1.81 bits per heavy atom. The molecular weight excluding hydrogens is 374 g/mol. The second-order valence-corrected chi connectivity index (χ2v) is 6.29. The van der Waals surface area contributed by atoms with Crippen LogP contribution in [0, 0.1) is 25.5 Å². The van der Waals surface area contributed by atoms with Crippen LogP contribution in [0.1, 0.15) is 21.7 Å². The normalized spacial score (nSPS) is 10.6. The predicted molar refractivity (Wildman–Crippen MR) is 101 cm³/mol. The van der Waals surface area contributed by atoms with Crippen molar-refractivity contribution in [2.24, 2.45) is 0 Å². The molecule has 0 bridgehead atoms. The Kier molecular flexibility index (Phi) is 5.32. The van der Waals surface area contributed by atoms with E-state index in [1.54, 1.807) is 19.1 Å². The van der Waals surface area contributed by atoms with Gasteiger partial charge in [0, 0.05) is 22.5 Å². The smallest absolute Gasteiger partial charge is 0.274 e. The maximum atomic E-state index is 13.7. The van der Waals surface area contributed by atoms with E-state index in [9.17, 15) is 13.6 Å². The topological polar surface area (TPSA) is 66.9 Å². The van der Waals surface area contributed by atoms with E-state index in [4.69, 9.17) is 11.6 Å². The highest BCUT2D eigenvalue weighted by Crippen LogP contribution is 2.22. The van der Waals surface area contributed by atoms with Gasteiger partial charge in [0.15, 0.2) is 0 Å². The van der Waals surface area contributed by atoms with Gasteiger partial charge in [-0.2, -0.15) is 0 Å². The van der Waals surface area contributed by atoms with Crippen LogP contribution in [0.5, 0.6) is 0 Å². The number of nitrogens with zero attached hydrogens (tertiary/aromatic N) is 2. The Balaban J connectivity index is 1.83.